The number of non-ortho nitro benzene ring substituents is 1. The fourth-order valence-corrected chi connectivity index (χ4v) is 2.84. The van der Waals surface area contributed by atoms with Gasteiger partial charge in [0, 0.05) is 18.1 Å². The number of hydrogen-bond donors (Lipinski definition) is 3. The molecule has 2 amide bonds. The molecule has 1 aromatic carbocycles. The molecule has 0 saturated heterocycles. The molecule has 0 saturated carbocycles. The number of esters is 1. The van der Waals surface area contributed by atoms with Gasteiger partial charge in [-0.3, -0.25) is 24.5 Å². The number of nitrogens with zero attached hydrogens (tertiary/aromatic N) is 1. The number of amides is 2. The number of nitro benzene ring substituents is 1. The van der Waals surface area contributed by atoms with Gasteiger partial charge in [-0.1, -0.05) is 26.0 Å². The predicted octanol–water partition coefficient (Wildman–Crippen LogP) is 1.01. The van der Waals surface area contributed by atoms with E-state index in [1.807, 2.05) is 13.8 Å². The highest BCUT2D eigenvalue weighted by Gasteiger charge is 2.33. The summed E-state index contributed by atoms with van der Waals surface area (Å²) in [5, 5.41) is 23.3. The fourth-order valence-electron chi connectivity index (χ4n) is 2.84. The van der Waals surface area contributed by atoms with E-state index in [-0.39, 0.29) is 31.1 Å². The van der Waals surface area contributed by atoms with Gasteiger partial charge in [0.05, 0.1) is 18.0 Å². The summed E-state index contributed by atoms with van der Waals surface area (Å²) < 4.78 is 4.93. The molecule has 4 N–H and O–H groups in total. The molecule has 0 spiro atoms. The minimum absolute atomic E-state index is 0.0350. The summed E-state index contributed by atoms with van der Waals surface area (Å²) in [6.07, 6.45) is -1.46. The third kappa shape index (κ3) is 7.49. The number of ether oxygens (including phenoxy) is 1. The molecule has 29 heavy (non-hydrogen) atoms. The van der Waals surface area contributed by atoms with Crippen molar-refractivity contribution in [1.29, 1.82) is 0 Å². The number of benzene rings is 1. The van der Waals surface area contributed by atoms with Gasteiger partial charge in [0.25, 0.3) is 5.69 Å². The van der Waals surface area contributed by atoms with E-state index in [9.17, 15) is 29.6 Å². The number of primary amides is 1. The first kappa shape index (κ1) is 24.0. The van der Waals surface area contributed by atoms with E-state index in [0.717, 1.165) is 0 Å². The van der Waals surface area contributed by atoms with Gasteiger partial charge in [-0.2, -0.15) is 0 Å². The van der Waals surface area contributed by atoms with Crippen molar-refractivity contribution >= 4 is 23.5 Å². The minimum atomic E-state index is -1.35. The van der Waals surface area contributed by atoms with E-state index in [4.69, 9.17) is 10.5 Å². The maximum atomic E-state index is 12.3. The lowest BCUT2D eigenvalue weighted by Crippen LogP contribution is -2.51. The van der Waals surface area contributed by atoms with Crippen LogP contribution >= 0.6 is 0 Å². The van der Waals surface area contributed by atoms with Crippen molar-refractivity contribution in [1.82, 2.24) is 5.32 Å². The average molecular weight is 409 g/mol. The van der Waals surface area contributed by atoms with E-state index in [0.29, 0.717) is 5.56 Å². The zero-order valence-corrected chi connectivity index (χ0v) is 16.7. The number of aliphatic hydroxyl groups excluding tert-OH is 1. The second-order valence-corrected chi connectivity index (χ2v) is 7.00. The Balaban J connectivity index is 3.20. The molecule has 0 fully saturated rings. The van der Waals surface area contributed by atoms with Gasteiger partial charge in [-0.15, -0.1) is 0 Å². The van der Waals surface area contributed by atoms with Gasteiger partial charge >= 0.3 is 5.97 Å². The molecule has 10 nitrogen and oxygen atoms in total. The molecule has 0 aliphatic rings. The lowest BCUT2D eigenvalue weighted by molar-refractivity contribution is -0.384. The second kappa shape index (κ2) is 11.1. The molecule has 0 aliphatic heterocycles. The van der Waals surface area contributed by atoms with Crippen LogP contribution < -0.4 is 11.1 Å². The predicted molar refractivity (Wildman–Crippen MR) is 104 cm³/mol. The molecular weight excluding hydrogens is 382 g/mol. The first-order chi connectivity index (χ1) is 13.6. The Morgan fingerprint density at radius 2 is 1.83 bits per heavy atom. The van der Waals surface area contributed by atoms with Crippen LogP contribution in [0.4, 0.5) is 5.69 Å². The van der Waals surface area contributed by atoms with Crippen molar-refractivity contribution < 1.29 is 29.2 Å². The van der Waals surface area contributed by atoms with Gasteiger partial charge < -0.3 is 20.9 Å². The van der Waals surface area contributed by atoms with Crippen LogP contribution in [0.2, 0.25) is 0 Å². The molecule has 0 aliphatic carbocycles. The Morgan fingerprint density at radius 1 is 1.24 bits per heavy atom. The fraction of sp³-hybridized carbons (Fsp3) is 0.526. The van der Waals surface area contributed by atoms with E-state index in [1.54, 1.807) is 6.92 Å². The second-order valence-electron chi connectivity index (χ2n) is 7.00. The standard InChI is InChI=1S/C19H27N3O7/c1-4-29-16(24)10-14(12-5-7-13(8-6-12)22(27)28)17(18(20)25)21-19(26)15(23)9-11(2)3/h5-8,11,14-15,17,23H,4,9-10H2,1-3H3,(H2,20,25)(H,21,26)/t14-,15+,17-/m1/s1. The lowest BCUT2D eigenvalue weighted by Gasteiger charge is -2.26. The van der Waals surface area contributed by atoms with Crippen LogP contribution in [0, 0.1) is 16.0 Å². The third-order valence-corrected chi connectivity index (χ3v) is 4.23. The van der Waals surface area contributed by atoms with Crippen molar-refractivity contribution in [3.63, 3.8) is 0 Å². The van der Waals surface area contributed by atoms with Crippen LogP contribution in [-0.2, 0) is 19.1 Å². The van der Waals surface area contributed by atoms with Crippen molar-refractivity contribution in [3.05, 3.63) is 39.9 Å². The van der Waals surface area contributed by atoms with Crippen molar-refractivity contribution in [2.45, 2.75) is 51.7 Å². The zero-order valence-electron chi connectivity index (χ0n) is 16.7. The molecule has 0 unspecified atom stereocenters. The van der Waals surface area contributed by atoms with Crippen LogP contribution in [0.15, 0.2) is 24.3 Å². The SMILES string of the molecule is CCOC(=O)C[C@H](c1ccc([N+](=O)[O-])cc1)[C@@H](NC(=O)[C@@H](O)CC(C)C)C(N)=O. The van der Waals surface area contributed by atoms with Crippen molar-refractivity contribution in [3.8, 4) is 0 Å². The third-order valence-electron chi connectivity index (χ3n) is 4.23. The molecule has 0 bridgehead atoms. The summed E-state index contributed by atoms with van der Waals surface area (Å²) in [6, 6.07) is 3.89. The van der Waals surface area contributed by atoms with E-state index in [1.165, 1.54) is 24.3 Å². The smallest absolute Gasteiger partial charge is 0.306 e. The normalized spacial score (nSPS) is 14.0. The van der Waals surface area contributed by atoms with Gasteiger partial charge in [0.1, 0.15) is 12.1 Å². The lowest BCUT2D eigenvalue weighted by atomic mass is 9.87. The van der Waals surface area contributed by atoms with E-state index in [2.05, 4.69) is 5.32 Å². The van der Waals surface area contributed by atoms with Gasteiger partial charge in [-0.25, -0.2) is 0 Å². The van der Waals surface area contributed by atoms with Crippen LogP contribution in [0.5, 0.6) is 0 Å². The van der Waals surface area contributed by atoms with Crippen LogP contribution in [0.3, 0.4) is 0 Å². The summed E-state index contributed by atoms with van der Waals surface area (Å²) >= 11 is 0. The summed E-state index contributed by atoms with van der Waals surface area (Å²) in [5.41, 5.74) is 5.67. The molecule has 10 heteroatoms. The Bertz CT molecular complexity index is 734. The topological polar surface area (TPSA) is 162 Å². The monoisotopic (exact) mass is 409 g/mol. The van der Waals surface area contributed by atoms with Crippen LogP contribution in [-0.4, -0.2) is 46.6 Å². The molecule has 160 valence electrons. The number of hydrogen-bond acceptors (Lipinski definition) is 7. The number of rotatable bonds is 11. The van der Waals surface area contributed by atoms with Gasteiger partial charge in [0.2, 0.25) is 11.8 Å². The highest BCUT2D eigenvalue weighted by molar-refractivity contribution is 5.89. The Hall–Kier alpha value is -3.01. The number of nitrogens with one attached hydrogen (secondary N) is 1. The Morgan fingerprint density at radius 3 is 2.28 bits per heavy atom. The number of carbonyl (C=O) groups is 3. The number of carbonyl (C=O) groups excluding carboxylic acids is 3. The number of aliphatic hydroxyl groups is 1. The van der Waals surface area contributed by atoms with E-state index >= 15 is 0 Å². The first-order valence-electron chi connectivity index (χ1n) is 9.24. The molecule has 1 aromatic rings. The minimum Gasteiger partial charge on any atom is -0.466 e. The zero-order chi connectivity index (χ0) is 22.1. The van der Waals surface area contributed by atoms with Gasteiger partial charge in [-0.05, 0) is 24.8 Å². The summed E-state index contributed by atoms with van der Waals surface area (Å²) in [6.45, 7) is 5.38. The maximum absolute atomic E-state index is 12.3. The summed E-state index contributed by atoms with van der Waals surface area (Å²) in [5.74, 6) is -3.23. The highest BCUT2D eigenvalue weighted by Crippen LogP contribution is 2.27. The average Bonchev–Trinajstić information content (AvgIpc) is 2.63. The summed E-state index contributed by atoms with van der Waals surface area (Å²) in [7, 11) is 0. The number of nitrogens with two attached hydrogens (primary N) is 1. The molecule has 0 heterocycles. The molecule has 3 atom stereocenters. The molecule has 0 aromatic heterocycles. The maximum Gasteiger partial charge on any atom is 0.306 e. The van der Waals surface area contributed by atoms with Crippen LogP contribution in [0.1, 0.15) is 45.1 Å². The van der Waals surface area contributed by atoms with Crippen LogP contribution in [0.25, 0.3) is 0 Å². The largest absolute Gasteiger partial charge is 0.466 e. The van der Waals surface area contributed by atoms with Gasteiger partial charge in [0.15, 0.2) is 0 Å². The quantitative estimate of drug-likeness (QED) is 0.279. The first-order valence-corrected chi connectivity index (χ1v) is 9.24. The molecule has 0 radical (unpaired) electrons. The number of nitro groups is 1. The van der Waals surface area contributed by atoms with Crippen molar-refractivity contribution in [2.75, 3.05) is 6.61 Å². The summed E-state index contributed by atoms with van der Waals surface area (Å²) in [4.78, 5) is 46.7. The highest BCUT2D eigenvalue weighted by atomic mass is 16.6. The molecular formula is C19H27N3O7. The Kier molecular flexibility index (Phi) is 9.20. The van der Waals surface area contributed by atoms with Crippen molar-refractivity contribution in [2.24, 2.45) is 11.7 Å². The van der Waals surface area contributed by atoms with E-state index < -0.39 is 40.8 Å². The molecule has 1 rings (SSSR count). The Labute approximate surface area is 168 Å².